The summed E-state index contributed by atoms with van der Waals surface area (Å²) in [6.07, 6.45) is 6.84. The lowest BCUT2D eigenvalue weighted by Gasteiger charge is -2.32. The number of allylic oxidation sites excluding steroid dienone is 3. The van der Waals surface area contributed by atoms with E-state index < -0.39 is 17.3 Å². The molecule has 2 heterocycles. The van der Waals surface area contributed by atoms with Crippen molar-refractivity contribution in [2.45, 2.75) is 63.9 Å². The maximum Gasteiger partial charge on any atom is 0.202 e. The lowest BCUT2D eigenvalue weighted by molar-refractivity contribution is -0.143. The molecule has 0 saturated carbocycles. The minimum absolute atomic E-state index is 0.109. The number of nitrogens with one attached hydrogen (secondary N) is 1. The first-order valence-electron chi connectivity index (χ1n) is 8.24. The molecule has 5 nitrogen and oxygen atoms in total. The molecule has 3 N–H and O–H groups in total. The van der Waals surface area contributed by atoms with Crippen molar-refractivity contribution in [1.82, 2.24) is 4.98 Å². The van der Waals surface area contributed by atoms with Gasteiger partial charge in [0.15, 0.2) is 0 Å². The molecule has 1 saturated heterocycles. The molecule has 1 aliphatic heterocycles. The van der Waals surface area contributed by atoms with Crippen LogP contribution in [0.4, 0.5) is 0 Å². The van der Waals surface area contributed by atoms with E-state index in [9.17, 15) is 15.0 Å². The Morgan fingerprint density at radius 2 is 2.25 bits per heavy atom. The summed E-state index contributed by atoms with van der Waals surface area (Å²) in [6.45, 7) is 7.08. The minimum atomic E-state index is -0.931. The van der Waals surface area contributed by atoms with Gasteiger partial charge in [0.05, 0.1) is 23.0 Å². The summed E-state index contributed by atoms with van der Waals surface area (Å²) < 4.78 is 5.90. The highest BCUT2D eigenvalue weighted by Crippen LogP contribution is 2.37. The number of aromatic amines is 1. The zero-order valence-corrected chi connectivity index (χ0v) is 14.7. The molecule has 1 aromatic heterocycles. The van der Waals surface area contributed by atoms with Gasteiger partial charge in [0.25, 0.3) is 0 Å². The standard InChI is InChI=1S/C19H27NO4/c1-13(12-15(21)14-6-5-11-20-14)7-8-16(22)19(4)10-9-17(24-19)18(2,3)23/h5-8,11-12,16-17,20,22-23H,9-10H2,1-4H3/b8-7+,13-12-/t16-,17+,19-/m0/s1. The van der Waals surface area contributed by atoms with Crippen LogP contribution >= 0.6 is 0 Å². The summed E-state index contributed by atoms with van der Waals surface area (Å²) in [4.78, 5) is 14.8. The van der Waals surface area contributed by atoms with Crippen molar-refractivity contribution in [2.75, 3.05) is 0 Å². The number of hydrogen-bond donors (Lipinski definition) is 3. The fourth-order valence-corrected chi connectivity index (χ4v) is 2.84. The maximum atomic E-state index is 12.0. The van der Waals surface area contributed by atoms with Gasteiger partial charge in [-0.25, -0.2) is 0 Å². The second-order valence-electron chi connectivity index (χ2n) is 7.25. The van der Waals surface area contributed by atoms with Gasteiger partial charge in [-0.3, -0.25) is 4.79 Å². The summed E-state index contributed by atoms with van der Waals surface area (Å²) in [7, 11) is 0. The Kier molecular flexibility index (Phi) is 5.48. The number of ether oxygens (including phenoxy) is 1. The third-order valence-electron chi connectivity index (χ3n) is 4.49. The zero-order valence-electron chi connectivity index (χ0n) is 14.7. The molecular weight excluding hydrogens is 306 g/mol. The summed E-state index contributed by atoms with van der Waals surface area (Å²) in [5, 5.41) is 20.5. The van der Waals surface area contributed by atoms with Crippen molar-refractivity contribution >= 4 is 5.78 Å². The van der Waals surface area contributed by atoms with Gasteiger partial charge in [-0.2, -0.15) is 0 Å². The molecule has 24 heavy (non-hydrogen) atoms. The highest BCUT2D eigenvalue weighted by atomic mass is 16.5. The highest BCUT2D eigenvalue weighted by Gasteiger charge is 2.45. The van der Waals surface area contributed by atoms with E-state index >= 15 is 0 Å². The molecule has 0 unspecified atom stereocenters. The van der Waals surface area contributed by atoms with Gasteiger partial charge in [-0.15, -0.1) is 0 Å². The Bertz CT molecular complexity index is 624. The second kappa shape index (κ2) is 7.05. The van der Waals surface area contributed by atoms with Crippen LogP contribution in [-0.4, -0.2) is 44.4 Å². The first-order chi connectivity index (χ1) is 11.1. The minimum Gasteiger partial charge on any atom is -0.388 e. The quantitative estimate of drug-likeness (QED) is 0.425. The Labute approximate surface area is 143 Å². The van der Waals surface area contributed by atoms with Gasteiger partial charge in [-0.05, 0) is 64.3 Å². The summed E-state index contributed by atoms with van der Waals surface area (Å²) in [6, 6.07) is 3.49. The van der Waals surface area contributed by atoms with E-state index in [1.165, 1.54) is 6.08 Å². The van der Waals surface area contributed by atoms with Gasteiger partial charge in [-0.1, -0.05) is 12.2 Å². The van der Waals surface area contributed by atoms with Crippen LogP contribution in [0.2, 0.25) is 0 Å². The van der Waals surface area contributed by atoms with Crippen LogP contribution in [0.25, 0.3) is 0 Å². The molecular formula is C19H27NO4. The van der Waals surface area contributed by atoms with Crippen molar-refractivity contribution in [3.63, 3.8) is 0 Å². The van der Waals surface area contributed by atoms with Crippen molar-refractivity contribution in [2.24, 2.45) is 0 Å². The maximum absolute atomic E-state index is 12.0. The van der Waals surface area contributed by atoms with E-state index in [4.69, 9.17) is 4.74 Å². The Morgan fingerprint density at radius 1 is 1.54 bits per heavy atom. The molecule has 0 radical (unpaired) electrons. The number of H-pyrrole nitrogens is 1. The molecule has 0 aliphatic carbocycles. The van der Waals surface area contributed by atoms with E-state index in [2.05, 4.69) is 4.98 Å². The lowest BCUT2D eigenvalue weighted by atomic mass is 9.93. The Balaban J connectivity index is 1.99. The van der Waals surface area contributed by atoms with Crippen LogP contribution in [0, 0.1) is 0 Å². The van der Waals surface area contributed by atoms with E-state index in [0.717, 1.165) is 5.57 Å². The van der Waals surface area contributed by atoms with Gasteiger partial charge in [0.2, 0.25) is 5.78 Å². The summed E-state index contributed by atoms with van der Waals surface area (Å²) in [5.41, 5.74) is -0.388. The van der Waals surface area contributed by atoms with E-state index in [0.29, 0.717) is 18.5 Å². The van der Waals surface area contributed by atoms with Crippen LogP contribution in [0.3, 0.4) is 0 Å². The number of carbonyl (C=O) groups excluding carboxylic acids is 1. The molecule has 3 atom stereocenters. The smallest absolute Gasteiger partial charge is 0.202 e. The average Bonchev–Trinajstić information content (AvgIpc) is 3.14. The van der Waals surface area contributed by atoms with Gasteiger partial charge in [0.1, 0.15) is 6.10 Å². The van der Waals surface area contributed by atoms with Gasteiger partial charge in [0, 0.05) is 6.20 Å². The van der Waals surface area contributed by atoms with Crippen LogP contribution in [0.5, 0.6) is 0 Å². The number of aliphatic hydroxyl groups excluding tert-OH is 1. The largest absolute Gasteiger partial charge is 0.388 e. The van der Waals surface area contributed by atoms with E-state index in [1.54, 1.807) is 44.3 Å². The predicted octanol–water partition coefficient (Wildman–Crippen LogP) is 2.77. The molecule has 1 aromatic rings. The first kappa shape index (κ1) is 18.6. The third kappa shape index (κ3) is 4.44. The van der Waals surface area contributed by atoms with Crippen molar-refractivity contribution in [1.29, 1.82) is 0 Å². The lowest BCUT2D eigenvalue weighted by Crippen LogP contribution is -2.42. The molecule has 132 valence electrons. The van der Waals surface area contributed by atoms with Gasteiger partial charge < -0.3 is 19.9 Å². The Morgan fingerprint density at radius 3 is 2.79 bits per heavy atom. The van der Waals surface area contributed by atoms with Gasteiger partial charge >= 0.3 is 0 Å². The molecule has 5 heteroatoms. The second-order valence-corrected chi connectivity index (χ2v) is 7.25. The van der Waals surface area contributed by atoms with Crippen molar-refractivity contribution < 1.29 is 19.7 Å². The van der Waals surface area contributed by atoms with Crippen LogP contribution in [-0.2, 0) is 4.74 Å². The molecule has 1 fully saturated rings. The van der Waals surface area contributed by atoms with Crippen LogP contribution < -0.4 is 0 Å². The monoisotopic (exact) mass is 333 g/mol. The molecule has 0 amide bonds. The van der Waals surface area contributed by atoms with E-state index in [1.807, 2.05) is 13.8 Å². The number of aliphatic hydroxyl groups is 2. The molecule has 1 aliphatic rings. The van der Waals surface area contributed by atoms with Crippen LogP contribution in [0.15, 0.2) is 42.1 Å². The highest BCUT2D eigenvalue weighted by molar-refractivity contribution is 6.03. The first-order valence-corrected chi connectivity index (χ1v) is 8.24. The normalized spacial score (nSPS) is 26.9. The molecule has 0 bridgehead atoms. The zero-order chi connectivity index (χ0) is 18.0. The molecule has 0 aromatic carbocycles. The van der Waals surface area contributed by atoms with Crippen molar-refractivity contribution in [3.8, 4) is 0 Å². The predicted molar refractivity (Wildman–Crippen MR) is 92.8 cm³/mol. The number of hydrogen-bond acceptors (Lipinski definition) is 4. The van der Waals surface area contributed by atoms with Crippen molar-refractivity contribution in [3.05, 3.63) is 47.8 Å². The number of aromatic nitrogens is 1. The summed E-state index contributed by atoms with van der Waals surface area (Å²) in [5.74, 6) is -0.109. The number of ketones is 1. The summed E-state index contributed by atoms with van der Waals surface area (Å²) >= 11 is 0. The number of carbonyl (C=O) groups is 1. The molecule has 0 spiro atoms. The fraction of sp³-hybridized carbons (Fsp3) is 0.526. The third-order valence-corrected chi connectivity index (χ3v) is 4.49. The van der Waals surface area contributed by atoms with Crippen LogP contribution in [0.1, 0.15) is 51.0 Å². The number of rotatable bonds is 6. The fourth-order valence-electron chi connectivity index (χ4n) is 2.84. The SMILES string of the molecule is CC(=C/C(=O)c1ccc[nH]1)/C=C/[C@H](O)[C@]1(C)CC[C@H](C(C)(C)O)O1. The molecule has 2 rings (SSSR count). The topological polar surface area (TPSA) is 82.6 Å². The van der Waals surface area contributed by atoms with E-state index in [-0.39, 0.29) is 11.9 Å². The average molecular weight is 333 g/mol. The Hall–Kier alpha value is -1.69.